The first-order valence-corrected chi connectivity index (χ1v) is 6.03. The predicted molar refractivity (Wildman–Crippen MR) is 69.9 cm³/mol. The van der Waals surface area contributed by atoms with Crippen molar-refractivity contribution in [3.63, 3.8) is 0 Å². The molecular weight excluding hydrogens is 261 g/mol. The minimum Gasteiger partial charge on any atom is -0.385 e. The molecule has 1 rings (SSSR count). The van der Waals surface area contributed by atoms with Gasteiger partial charge in [-0.25, -0.2) is 0 Å². The second-order valence-corrected chi connectivity index (χ2v) is 4.64. The Bertz CT molecular complexity index is 396. The smallest absolute Gasteiger partial charge is 0.165 e. The zero-order chi connectivity index (χ0) is 12.8. The van der Waals surface area contributed by atoms with Gasteiger partial charge in [-0.2, -0.15) is 0 Å². The lowest BCUT2D eigenvalue weighted by molar-refractivity contribution is 0.0967. The van der Waals surface area contributed by atoms with Crippen LogP contribution in [0.15, 0.2) is 18.2 Å². The summed E-state index contributed by atoms with van der Waals surface area (Å²) in [4.78, 5) is 11.9. The molecule has 17 heavy (non-hydrogen) atoms. The van der Waals surface area contributed by atoms with Crippen LogP contribution in [0.5, 0.6) is 0 Å². The molecule has 0 aliphatic heterocycles. The second-order valence-electron chi connectivity index (χ2n) is 3.79. The molecular formula is C12H15Cl2NO2. The number of ether oxygens (including phenoxy) is 1. The molecule has 0 aliphatic rings. The number of halogens is 2. The van der Waals surface area contributed by atoms with Gasteiger partial charge in [-0.3, -0.25) is 4.79 Å². The molecule has 1 aromatic carbocycles. The minimum absolute atomic E-state index is 0.0738. The van der Waals surface area contributed by atoms with Crippen molar-refractivity contribution in [3.8, 4) is 0 Å². The summed E-state index contributed by atoms with van der Waals surface area (Å²) < 4.78 is 4.90. The molecule has 0 aliphatic carbocycles. The molecule has 0 spiro atoms. The normalized spacial score (nSPS) is 12.5. The summed E-state index contributed by atoms with van der Waals surface area (Å²) in [6.07, 6.45) is 0.901. The molecule has 0 saturated heterocycles. The van der Waals surface area contributed by atoms with Crippen molar-refractivity contribution in [1.82, 2.24) is 0 Å². The van der Waals surface area contributed by atoms with Gasteiger partial charge in [-0.15, -0.1) is 0 Å². The van der Waals surface area contributed by atoms with Crippen LogP contribution in [-0.4, -0.2) is 25.5 Å². The molecule has 94 valence electrons. The third-order valence-corrected chi connectivity index (χ3v) is 2.92. The van der Waals surface area contributed by atoms with Gasteiger partial charge in [-0.1, -0.05) is 23.2 Å². The Hall–Kier alpha value is -0.610. The van der Waals surface area contributed by atoms with Gasteiger partial charge in [0.15, 0.2) is 5.78 Å². The van der Waals surface area contributed by atoms with E-state index in [1.165, 1.54) is 0 Å². The van der Waals surface area contributed by atoms with Gasteiger partial charge in [0.1, 0.15) is 0 Å². The summed E-state index contributed by atoms with van der Waals surface area (Å²) in [7, 11) is 1.60. The fourth-order valence-electron chi connectivity index (χ4n) is 1.43. The van der Waals surface area contributed by atoms with E-state index in [1.54, 1.807) is 25.3 Å². The van der Waals surface area contributed by atoms with Crippen molar-refractivity contribution in [2.24, 2.45) is 5.73 Å². The molecule has 1 unspecified atom stereocenters. The van der Waals surface area contributed by atoms with Crippen LogP contribution in [0, 0.1) is 0 Å². The van der Waals surface area contributed by atoms with Gasteiger partial charge in [0.2, 0.25) is 0 Å². The molecule has 3 nitrogen and oxygen atoms in total. The van der Waals surface area contributed by atoms with Crippen LogP contribution >= 0.6 is 23.2 Å². The highest BCUT2D eigenvalue weighted by molar-refractivity contribution is 6.36. The lowest BCUT2D eigenvalue weighted by Crippen LogP contribution is -2.25. The van der Waals surface area contributed by atoms with E-state index in [-0.39, 0.29) is 18.2 Å². The summed E-state index contributed by atoms with van der Waals surface area (Å²) in [6, 6.07) is 4.60. The van der Waals surface area contributed by atoms with Gasteiger partial charge < -0.3 is 10.5 Å². The lowest BCUT2D eigenvalue weighted by atomic mass is 10.0. The van der Waals surface area contributed by atoms with Gasteiger partial charge in [0.05, 0.1) is 5.02 Å². The fourth-order valence-corrected chi connectivity index (χ4v) is 1.95. The SMILES string of the molecule is COCCC(N)CC(=O)c1ccc(Cl)cc1Cl. The zero-order valence-electron chi connectivity index (χ0n) is 9.58. The summed E-state index contributed by atoms with van der Waals surface area (Å²) in [5, 5.41) is 0.872. The number of Topliss-reactive ketones (excluding diaryl/α,β-unsaturated/α-hetero) is 1. The number of benzene rings is 1. The highest BCUT2D eigenvalue weighted by atomic mass is 35.5. The van der Waals surface area contributed by atoms with Crippen LogP contribution in [0.1, 0.15) is 23.2 Å². The molecule has 0 heterocycles. The van der Waals surface area contributed by atoms with Crippen LogP contribution in [0.4, 0.5) is 0 Å². The Morgan fingerprint density at radius 2 is 2.18 bits per heavy atom. The number of hydrogen-bond donors (Lipinski definition) is 1. The monoisotopic (exact) mass is 275 g/mol. The van der Waals surface area contributed by atoms with E-state index in [0.717, 1.165) is 0 Å². The van der Waals surface area contributed by atoms with Gasteiger partial charge in [0, 0.05) is 36.8 Å². The van der Waals surface area contributed by atoms with Crippen molar-refractivity contribution in [3.05, 3.63) is 33.8 Å². The molecule has 0 amide bonds. The van der Waals surface area contributed by atoms with Gasteiger partial charge in [-0.05, 0) is 24.6 Å². The first-order valence-electron chi connectivity index (χ1n) is 5.27. The van der Waals surface area contributed by atoms with E-state index >= 15 is 0 Å². The third-order valence-electron chi connectivity index (χ3n) is 2.37. The number of nitrogens with two attached hydrogens (primary N) is 1. The predicted octanol–water partition coefficient (Wildman–Crippen LogP) is 2.93. The van der Waals surface area contributed by atoms with E-state index in [9.17, 15) is 4.79 Å². The zero-order valence-corrected chi connectivity index (χ0v) is 11.1. The highest BCUT2D eigenvalue weighted by Gasteiger charge is 2.14. The maximum atomic E-state index is 11.9. The quantitative estimate of drug-likeness (QED) is 0.813. The number of carbonyl (C=O) groups excluding carboxylic acids is 1. The standard InChI is InChI=1S/C12H15Cl2NO2/c1-17-5-4-9(15)7-12(16)10-3-2-8(13)6-11(10)14/h2-3,6,9H,4-5,7,15H2,1H3. The first kappa shape index (κ1) is 14.5. The van der Waals surface area contributed by atoms with Crippen molar-refractivity contribution in [1.29, 1.82) is 0 Å². The fraction of sp³-hybridized carbons (Fsp3) is 0.417. The Balaban J connectivity index is 2.63. The van der Waals surface area contributed by atoms with Crippen LogP contribution in [0.3, 0.4) is 0 Å². The summed E-state index contributed by atoms with van der Waals surface area (Å²) in [5.41, 5.74) is 6.27. The molecule has 2 N–H and O–H groups in total. The van der Waals surface area contributed by atoms with Gasteiger partial charge >= 0.3 is 0 Å². The van der Waals surface area contributed by atoms with E-state index in [2.05, 4.69) is 0 Å². The van der Waals surface area contributed by atoms with Crippen molar-refractivity contribution in [2.75, 3.05) is 13.7 Å². The van der Waals surface area contributed by atoms with Crippen molar-refractivity contribution in [2.45, 2.75) is 18.9 Å². The number of hydrogen-bond acceptors (Lipinski definition) is 3. The Morgan fingerprint density at radius 1 is 1.47 bits per heavy atom. The second kappa shape index (κ2) is 6.97. The minimum atomic E-state index is -0.214. The van der Waals surface area contributed by atoms with Gasteiger partial charge in [0.25, 0.3) is 0 Å². The molecule has 1 aromatic rings. The third kappa shape index (κ3) is 4.64. The van der Waals surface area contributed by atoms with E-state index < -0.39 is 0 Å². The summed E-state index contributed by atoms with van der Waals surface area (Å²) in [6.45, 7) is 0.544. The van der Waals surface area contributed by atoms with Crippen LogP contribution in [0.25, 0.3) is 0 Å². The first-order chi connectivity index (χ1) is 8.04. The molecule has 0 radical (unpaired) electrons. The maximum Gasteiger partial charge on any atom is 0.165 e. The Kier molecular flexibility index (Phi) is 5.92. The van der Waals surface area contributed by atoms with Crippen molar-refractivity contribution < 1.29 is 9.53 Å². The summed E-state index contributed by atoms with van der Waals surface area (Å²) in [5.74, 6) is -0.0738. The molecule has 0 fully saturated rings. The molecule has 0 bridgehead atoms. The maximum absolute atomic E-state index is 11.9. The van der Waals surface area contributed by atoms with Crippen LogP contribution in [-0.2, 0) is 4.74 Å². The number of ketones is 1. The van der Waals surface area contributed by atoms with Crippen molar-refractivity contribution >= 4 is 29.0 Å². The van der Waals surface area contributed by atoms with Crippen LogP contribution in [0.2, 0.25) is 10.0 Å². The highest BCUT2D eigenvalue weighted by Crippen LogP contribution is 2.22. The number of carbonyl (C=O) groups is 1. The van der Waals surface area contributed by atoms with E-state index in [0.29, 0.717) is 28.6 Å². The lowest BCUT2D eigenvalue weighted by Gasteiger charge is -2.10. The molecule has 5 heteroatoms. The average Bonchev–Trinajstić information content (AvgIpc) is 2.26. The molecule has 0 aromatic heterocycles. The number of rotatable bonds is 6. The van der Waals surface area contributed by atoms with Crippen LogP contribution < -0.4 is 5.73 Å². The Morgan fingerprint density at radius 3 is 2.76 bits per heavy atom. The molecule has 0 saturated carbocycles. The summed E-state index contributed by atoms with van der Waals surface area (Å²) >= 11 is 11.7. The van der Waals surface area contributed by atoms with E-state index in [4.69, 9.17) is 33.7 Å². The topological polar surface area (TPSA) is 52.3 Å². The van der Waals surface area contributed by atoms with E-state index in [1.807, 2.05) is 0 Å². The molecule has 1 atom stereocenters. The average molecular weight is 276 g/mol. The largest absolute Gasteiger partial charge is 0.385 e. The number of methoxy groups -OCH3 is 1. The Labute approximate surface area is 111 Å².